The first-order valence-electron chi connectivity index (χ1n) is 6.36. The topological polar surface area (TPSA) is 64.3 Å². The number of carboxylic acids is 1. The molecule has 0 unspecified atom stereocenters. The molecule has 1 aromatic carbocycles. The smallest absolute Gasteiger partial charge is 0.387 e. The molecule has 1 heterocycles. The Morgan fingerprint density at radius 1 is 1.32 bits per heavy atom. The van der Waals surface area contributed by atoms with Crippen LogP contribution in [0.2, 0.25) is 0 Å². The first-order valence-corrected chi connectivity index (χ1v) is 6.36. The highest BCUT2D eigenvalue weighted by Gasteiger charge is 2.20. The van der Waals surface area contributed by atoms with Crippen molar-refractivity contribution in [3.63, 3.8) is 0 Å². The van der Waals surface area contributed by atoms with E-state index in [2.05, 4.69) is 9.84 Å². The van der Waals surface area contributed by atoms with Crippen LogP contribution in [0.4, 0.5) is 13.2 Å². The van der Waals surface area contributed by atoms with Crippen molar-refractivity contribution in [1.82, 2.24) is 9.78 Å². The third-order valence-electron chi connectivity index (χ3n) is 2.87. The fraction of sp³-hybridized carbons (Fsp3) is 0.286. The van der Waals surface area contributed by atoms with Crippen LogP contribution in [0.5, 0.6) is 5.75 Å². The number of hydrogen-bond donors (Lipinski definition) is 1. The number of hydrogen-bond acceptors (Lipinski definition) is 3. The summed E-state index contributed by atoms with van der Waals surface area (Å²) in [4.78, 5) is 11.3. The summed E-state index contributed by atoms with van der Waals surface area (Å²) in [5.74, 6) is -2.50. The second-order valence-corrected chi connectivity index (χ2v) is 4.82. The Bertz CT molecular complexity index is 699. The second-order valence-electron chi connectivity index (χ2n) is 4.82. The van der Waals surface area contributed by atoms with Crippen molar-refractivity contribution in [2.75, 3.05) is 0 Å². The van der Waals surface area contributed by atoms with E-state index in [0.29, 0.717) is 0 Å². The predicted molar refractivity (Wildman–Crippen MR) is 71.6 cm³/mol. The number of alkyl halides is 2. The van der Waals surface area contributed by atoms with Crippen LogP contribution in [0.1, 0.15) is 30.4 Å². The Labute approximate surface area is 123 Å². The standard InChI is InChI=1S/C14H13F3N2O3/c1-7(2)19-6-11(12(18-19)13(20)21)8-3-9(15)5-10(4-8)22-14(16)17/h3-7,14H,1-2H3,(H,20,21). The molecule has 0 radical (unpaired) electrons. The Balaban J connectivity index is 2.55. The quantitative estimate of drug-likeness (QED) is 0.916. The van der Waals surface area contributed by atoms with Crippen molar-refractivity contribution in [3.8, 4) is 16.9 Å². The van der Waals surface area contributed by atoms with Gasteiger partial charge in [-0.25, -0.2) is 9.18 Å². The first-order chi connectivity index (χ1) is 10.3. The summed E-state index contributed by atoms with van der Waals surface area (Å²) >= 11 is 0. The van der Waals surface area contributed by atoms with Crippen molar-refractivity contribution in [1.29, 1.82) is 0 Å². The second kappa shape index (κ2) is 6.08. The van der Waals surface area contributed by atoms with E-state index in [4.69, 9.17) is 0 Å². The number of aromatic carboxylic acids is 1. The van der Waals surface area contributed by atoms with Crippen LogP contribution in [0, 0.1) is 5.82 Å². The number of rotatable bonds is 5. The lowest BCUT2D eigenvalue weighted by Crippen LogP contribution is -2.05. The van der Waals surface area contributed by atoms with Crippen LogP contribution < -0.4 is 4.74 Å². The molecular weight excluding hydrogens is 301 g/mol. The number of aromatic nitrogens is 2. The van der Waals surface area contributed by atoms with Crippen LogP contribution in [-0.4, -0.2) is 27.5 Å². The van der Waals surface area contributed by atoms with Crippen molar-refractivity contribution >= 4 is 5.97 Å². The van der Waals surface area contributed by atoms with Crippen LogP contribution in [0.15, 0.2) is 24.4 Å². The van der Waals surface area contributed by atoms with E-state index in [1.807, 2.05) is 0 Å². The third-order valence-corrected chi connectivity index (χ3v) is 2.87. The van der Waals surface area contributed by atoms with E-state index >= 15 is 0 Å². The Hall–Kier alpha value is -2.51. The third kappa shape index (κ3) is 3.38. The minimum Gasteiger partial charge on any atom is -0.476 e. The molecule has 0 fully saturated rings. The summed E-state index contributed by atoms with van der Waals surface area (Å²) in [6.07, 6.45) is 1.43. The highest BCUT2D eigenvalue weighted by molar-refractivity contribution is 5.93. The molecule has 0 aliphatic rings. The molecular formula is C14H13F3N2O3. The highest BCUT2D eigenvalue weighted by atomic mass is 19.3. The molecule has 1 aromatic heterocycles. The van der Waals surface area contributed by atoms with Gasteiger partial charge in [-0.3, -0.25) is 4.68 Å². The summed E-state index contributed by atoms with van der Waals surface area (Å²) in [5, 5.41) is 13.1. The van der Waals surface area contributed by atoms with E-state index in [1.165, 1.54) is 10.9 Å². The van der Waals surface area contributed by atoms with Gasteiger partial charge in [0.15, 0.2) is 5.69 Å². The molecule has 5 nitrogen and oxygen atoms in total. The minimum absolute atomic E-state index is 0.0972. The summed E-state index contributed by atoms with van der Waals surface area (Å²) in [7, 11) is 0. The molecule has 0 atom stereocenters. The van der Waals surface area contributed by atoms with Crippen LogP contribution in [-0.2, 0) is 0 Å². The number of carboxylic acid groups (broad SMARTS) is 1. The van der Waals surface area contributed by atoms with E-state index in [-0.39, 0.29) is 22.9 Å². The zero-order chi connectivity index (χ0) is 16.4. The molecule has 1 N–H and O–H groups in total. The van der Waals surface area contributed by atoms with Gasteiger partial charge in [0, 0.05) is 23.9 Å². The van der Waals surface area contributed by atoms with Gasteiger partial charge in [0.2, 0.25) is 0 Å². The number of carbonyl (C=O) groups is 1. The maximum absolute atomic E-state index is 13.6. The Morgan fingerprint density at radius 2 is 2.00 bits per heavy atom. The number of nitrogens with zero attached hydrogens (tertiary/aromatic N) is 2. The summed E-state index contributed by atoms with van der Waals surface area (Å²) in [5.41, 5.74) is -0.0675. The zero-order valence-corrected chi connectivity index (χ0v) is 11.8. The number of halogens is 3. The average molecular weight is 314 g/mol. The number of ether oxygens (including phenoxy) is 1. The van der Waals surface area contributed by atoms with Gasteiger partial charge in [-0.15, -0.1) is 0 Å². The van der Waals surface area contributed by atoms with Crippen LogP contribution in [0.3, 0.4) is 0 Å². The lowest BCUT2D eigenvalue weighted by atomic mass is 10.1. The van der Waals surface area contributed by atoms with Crippen molar-refractivity contribution in [2.45, 2.75) is 26.5 Å². The summed E-state index contributed by atoms with van der Waals surface area (Å²) < 4.78 is 43.6. The highest BCUT2D eigenvalue weighted by Crippen LogP contribution is 2.29. The van der Waals surface area contributed by atoms with Gasteiger partial charge in [-0.2, -0.15) is 13.9 Å². The molecule has 0 bridgehead atoms. The van der Waals surface area contributed by atoms with E-state index in [1.54, 1.807) is 13.8 Å². The van der Waals surface area contributed by atoms with Crippen molar-refractivity contribution in [2.24, 2.45) is 0 Å². The maximum atomic E-state index is 13.6. The lowest BCUT2D eigenvalue weighted by molar-refractivity contribution is -0.0499. The van der Waals surface area contributed by atoms with Gasteiger partial charge in [0.25, 0.3) is 0 Å². The summed E-state index contributed by atoms with van der Waals surface area (Å²) in [6, 6.07) is 2.86. The molecule has 0 aliphatic carbocycles. The van der Waals surface area contributed by atoms with Gasteiger partial charge >= 0.3 is 12.6 Å². The van der Waals surface area contributed by atoms with Crippen molar-refractivity contribution < 1.29 is 27.8 Å². The lowest BCUT2D eigenvalue weighted by Gasteiger charge is -2.07. The molecule has 2 aromatic rings. The monoisotopic (exact) mass is 314 g/mol. The average Bonchev–Trinajstić information content (AvgIpc) is 2.82. The maximum Gasteiger partial charge on any atom is 0.387 e. The molecule has 22 heavy (non-hydrogen) atoms. The van der Waals surface area contributed by atoms with Gasteiger partial charge in [-0.05, 0) is 31.5 Å². The molecule has 118 valence electrons. The van der Waals surface area contributed by atoms with Crippen LogP contribution in [0.25, 0.3) is 11.1 Å². The largest absolute Gasteiger partial charge is 0.476 e. The minimum atomic E-state index is -3.10. The predicted octanol–water partition coefficient (Wildman–Crippen LogP) is 3.57. The molecule has 0 saturated carbocycles. The van der Waals surface area contributed by atoms with Gasteiger partial charge in [0.1, 0.15) is 11.6 Å². The fourth-order valence-electron chi connectivity index (χ4n) is 1.91. The summed E-state index contributed by atoms with van der Waals surface area (Å²) in [6.45, 7) is 0.477. The Kier molecular flexibility index (Phi) is 4.39. The van der Waals surface area contributed by atoms with E-state index < -0.39 is 24.1 Å². The molecule has 0 amide bonds. The van der Waals surface area contributed by atoms with Crippen molar-refractivity contribution in [3.05, 3.63) is 35.9 Å². The first kappa shape index (κ1) is 15.9. The fourth-order valence-corrected chi connectivity index (χ4v) is 1.91. The molecule has 2 rings (SSSR count). The molecule has 8 heteroatoms. The normalized spacial score (nSPS) is 11.2. The van der Waals surface area contributed by atoms with Gasteiger partial charge < -0.3 is 9.84 Å². The van der Waals surface area contributed by atoms with Crippen LogP contribution >= 0.6 is 0 Å². The molecule has 0 saturated heterocycles. The van der Waals surface area contributed by atoms with Gasteiger partial charge in [0.05, 0.1) is 0 Å². The zero-order valence-electron chi connectivity index (χ0n) is 11.8. The Morgan fingerprint density at radius 3 is 2.55 bits per heavy atom. The van der Waals surface area contributed by atoms with E-state index in [0.717, 1.165) is 18.2 Å². The van der Waals surface area contributed by atoms with Gasteiger partial charge in [-0.1, -0.05) is 0 Å². The SMILES string of the molecule is CC(C)n1cc(-c2cc(F)cc(OC(F)F)c2)c(C(=O)O)n1. The molecule has 0 aliphatic heterocycles. The number of benzene rings is 1. The molecule has 0 spiro atoms. The van der Waals surface area contributed by atoms with E-state index in [9.17, 15) is 23.1 Å².